The summed E-state index contributed by atoms with van der Waals surface area (Å²) in [6.07, 6.45) is -0.903. The molecular formula is C15H13F4N3O4S3. The van der Waals surface area contributed by atoms with E-state index in [1.165, 1.54) is 24.3 Å². The molecule has 0 spiro atoms. The summed E-state index contributed by atoms with van der Waals surface area (Å²) in [7, 11) is -8.89. The third-order valence-electron chi connectivity index (χ3n) is 3.85. The summed E-state index contributed by atoms with van der Waals surface area (Å²) in [4.78, 5) is -2.27. The summed E-state index contributed by atoms with van der Waals surface area (Å²) in [5.74, 6) is -0.486. The highest BCUT2D eigenvalue weighted by Gasteiger charge is 2.36. The van der Waals surface area contributed by atoms with Crippen molar-refractivity contribution in [3.8, 4) is 0 Å². The van der Waals surface area contributed by atoms with Gasteiger partial charge in [0.15, 0.2) is 0 Å². The zero-order chi connectivity index (χ0) is 21.6. The van der Waals surface area contributed by atoms with Crippen LogP contribution in [-0.2, 0) is 26.5 Å². The minimum absolute atomic E-state index is 0.0532. The molecule has 0 saturated heterocycles. The highest BCUT2D eigenvalue weighted by molar-refractivity contribution is 8.01. The van der Waals surface area contributed by atoms with Crippen LogP contribution in [0.4, 0.5) is 23.2 Å². The maximum absolute atomic E-state index is 13.0. The molecule has 1 atom stereocenters. The third kappa shape index (κ3) is 5.19. The lowest BCUT2D eigenvalue weighted by Crippen LogP contribution is -2.46. The summed E-state index contributed by atoms with van der Waals surface area (Å²) in [6, 6.07) is 6.57. The summed E-state index contributed by atoms with van der Waals surface area (Å²) in [5.41, 5.74) is -4.48. The Morgan fingerprint density at radius 1 is 1.14 bits per heavy atom. The minimum atomic E-state index is -4.83. The number of anilines is 1. The van der Waals surface area contributed by atoms with Gasteiger partial charge in [0.2, 0.25) is 20.0 Å². The first-order chi connectivity index (χ1) is 13.2. The molecule has 4 N–H and O–H groups in total. The van der Waals surface area contributed by atoms with Gasteiger partial charge in [0.1, 0.15) is 10.7 Å². The Kier molecular flexibility index (Phi) is 5.59. The van der Waals surface area contributed by atoms with Crippen LogP contribution in [-0.4, -0.2) is 28.5 Å². The van der Waals surface area contributed by atoms with Crippen molar-refractivity contribution in [1.82, 2.24) is 4.72 Å². The number of nitrogens with one attached hydrogen (secondary N) is 2. The smallest absolute Gasteiger partial charge is 0.368 e. The molecule has 1 unspecified atom stereocenters. The van der Waals surface area contributed by atoms with Crippen molar-refractivity contribution >= 4 is 37.5 Å². The molecule has 1 aliphatic rings. The largest absolute Gasteiger partial charge is 0.446 e. The molecule has 1 heterocycles. The van der Waals surface area contributed by atoms with Crippen molar-refractivity contribution in [3.05, 3.63) is 47.8 Å². The Bertz CT molecular complexity index is 1150. The average molecular weight is 471 g/mol. The molecule has 14 heteroatoms. The number of nitrogens with two attached hydrogens (primary N) is 1. The Hall–Kier alpha value is -1.87. The van der Waals surface area contributed by atoms with E-state index < -0.39 is 64.0 Å². The fourth-order valence-corrected chi connectivity index (χ4v) is 5.80. The van der Waals surface area contributed by atoms with E-state index in [1.54, 1.807) is 0 Å². The first-order valence-electron chi connectivity index (χ1n) is 7.74. The van der Waals surface area contributed by atoms with Crippen molar-refractivity contribution in [3.63, 3.8) is 0 Å². The van der Waals surface area contributed by atoms with Crippen LogP contribution in [0.15, 0.2) is 51.1 Å². The van der Waals surface area contributed by atoms with E-state index in [0.717, 1.165) is 6.07 Å². The number of thioether (sulfide) groups is 1. The molecule has 0 amide bonds. The lowest BCUT2D eigenvalue weighted by molar-refractivity contribution is -0.0328. The Labute approximate surface area is 167 Å². The van der Waals surface area contributed by atoms with Crippen LogP contribution in [0.3, 0.4) is 0 Å². The third-order valence-corrected chi connectivity index (χ3v) is 7.23. The SMILES string of the molecule is NS(=O)(=O)c1cc2c(cc1SC(F)(F)F)NC(Cc1ccc(F)cc1)NS2(=O)=O. The zero-order valence-electron chi connectivity index (χ0n) is 14.2. The molecule has 0 aliphatic carbocycles. The molecule has 7 nitrogen and oxygen atoms in total. The van der Waals surface area contributed by atoms with Gasteiger partial charge in [-0.25, -0.2) is 26.4 Å². The number of hydrogen-bond donors (Lipinski definition) is 3. The van der Waals surface area contributed by atoms with Crippen molar-refractivity contribution in [2.24, 2.45) is 5.14 Å². The first kappa shape index (κ1) is 21.8. The van der Waals surface area contributed by atoms with Gasteiger partial charge in [-0.05, 0) is 41.6 Å². The summed E-state index contributed by atoms with van der Waals surface area (Å²) in [6.45, 7) is 0. The van der Waals surface area contributed by atoms with E-state index in [1.807, 2.05) is 0 Å². The number of hydrogen-bond acceptors (Lipinski definition) is 6. The maximum Gasteiger partial charge on any atom is 0.446 e. The normalized spacial score (nSPS) is 18.7. The lowest BCUT2D eigenvalue weighted by atomic mass is 10.1. The molecule has 0 bridgehead atoms. The monoisotopic (exact) mass is 471 g/mol. The quantitative estimate of drug-likeness (QED) is 0.465. The van der Waals surface area contributed by atoms with Gasteiger partial charge >= 0.3 is 5.51 Å². The van der Waals surface area contributed by atoms with Gasteiger partial charge in [0, 0.05) is 11.3 Å². The molecule has 158 valence electrons. The molecule has 0 fully saturated rings. The molecule has 2 aromatic rings. The van der Waals surface area contributed by atoms with Crippen molar-refractivity contribution < 1.29 is 34.4 Å². The van der Waals surface area contributed by atoms with Gasteiger partial charge in [0.25, 0.3) is 0 Å². The molecule has 1 aliphatic heterocycles. The van der Waals surface area contributed by atoms with Gasteiger partial charge in [-0.3, -0.25) is 0 Å². The fourth-order valence-electron chi connectivity index (χ4n) is 2.72. The number of rotatable bonds is 4. The number of alkyl halides is 3. The molecular weight excluding hydrogens is 458 g/mol. The van der Waals surface area contributed by atoms with Gasteiger partial charge < -0.3 is 5.32 Å². The van der Waals surface area contributed by atoms with E-state index >= 15 is 0 Å². The summed E-state index contributed by atoms with van der Waals surface area (Å²) < 4.78 is 102. The van der Waals surface area contributed by atoms with Crippen LogP contribution in [0.2, 0.25) is 0 Å². The zero-order valence-corrected chi connectivity index (χ0v) is 16.6. The Balaban J connectivity index is 2.04. The molecule has 3 rings (SSSR count). The van der Waals surface area contributed by atoms with Crippen molar-refractivity contribution in [2.45, 2.75) is 32.8 Å². The standard InChI is InChI=1S/C15H13F4N3O4S3/c16-9-3-1-8(2-4-9)5-14-21-10-6-11(27-15(17,18)19)13(28(20,23)24)7-12(10)29(25,26)22-14/h1-4,6-7,14,21-22H,5H2,(H2,20,23,24). The summed E-state index contributed by atoms with van der Waals surface area (Å²) >= 11 is -0.722. The second-order valence-corrected chi connectivity index (χ2v) is 10.4. The lowest BCUT2D eigenvalue weighted by Gasteiger charge is -2.29. The molecule has 0 saturated carbocycles. The predicted octanol–water partition coefficient (Wildman–Crippen LogP) is 2.36. The predicted molar refractivity (Wildman–Crippen MR) is 97.6 cm³/mol. The Morgan fingerprint density at radius 2 is 1.76 bits per heavy atom. The molecule has 0 aromatic heterocycles. The van der Waals surface area contributed by atoms with Gasteiger partial charge in [-0.2, -0.15) is 17.9 Å². The number of sulfonamides is 2. The van der Waals surface area contributed by atoms with Crippen LogP contribution in [0, 0.1) is 5.82 Å². The van der Waals surface area contributed by atoms with E-state index in [9.17, 15) is 34.4 Å². The van der Waals surface area contributed by atoms with Crippen LogP contribution in [0.25, 0.3) is 0 Å². The van der Waals surface area contributed by atoms with Crippen molar-refractivity contribution in [1.29, 1.82) is 0 Å². The average Bonchev–Trinajstić information content (AvgIpc) is 2.53. The topological polar surface area (TPSA) is 118 Å². The molecule has 29 heavy (non-hydrogen) atoms. The Morgan fingerprint density at radius 3 is 2.31 bits per heavy atom. The minimum Gasteiger partial charge on any atom is -0.368 e. The van der Waals surface area contributed by atoms with Gasteiger partial charge in [-0.15, -0.1) is 0 Å². The van der Waals surface area contributed by atoms with E-state index in [-0.39, 0.29) is 12.1 Å². The van der Waals surface area contributed by atoms with E-state index in [0.29, 0.717) is 11.6 Å². The number of halogens is 4. The van der Waals surface area contributed by atoms with E-state index in [2.05, 4.69) is 10.0 Å². The molecule has 2 aromatic carbocycles. The van der Waals surface area contributed by atoms with Gasteiger partial charge in [0.05, 0.1) is 16.7 Å². The second kappa shape index (κ2) is 7.43. The molecule has 0 radical (unpaired) electrons. The highest BCUT2D eigenvalue weighted by atomic mass is 32.2. The van der Waals surface area contributed by atoms with Crippen LogP contribution >= 0.6 is 11.8 Å². The fraction of sp³-hybridized carbons (Fsp3) is 0.200. The first-order valence-corrected chi connectivity index (χ1v) is 11.6. The number of benzene rings is 2. The number of fused-ring (bicyclic) bond motifs is 1. The highest BCUT2D eigenvalue weighted by Crippen LogP contribution is 2.43. The number of primary sulfonamides is 1. The van der Waals surface area contributed by atoms with Crippen molar-refractivity contribution in [2.75, 3.05) is 5.32 Å². The van der Waals surface area contributed by atoms with Crippen LogP contribution < -0.4 is 15.2 Å². The maximum atomic E-state index is 13.0. The second-order valence-electron chi connectivity index (χ2n) is 6.04. The summed E-state index contributed by atoms with van der Waals surface area (Å²) in [5, 5.41) is 7.69. The van der Waals surface area contributed by atoms with Crippen LogP contribution in [0.5, 0.6) is 0 Å². The van der Waals surface area contributed by atoms with Gasteiger partial charge in [-0.1, -0.05) is 12.1 Å². The van der Waals surface area contributed by atoms with E-state index in [4.69, 9.17) is 5.14 Å². The van der Waals surface area contributed by atoms with Crippen LogP contribution in [0.1, 0.15) is 5.56 Å².